The van der Waals surface area contributed by atoms with Crippen molar-refractivity contribution in [2.24, 2.45) is 0 Å². The van der Waals surface area contributed by atoms with Gasteiger partial charge in [-0.1, -0.05) is 18.2 Å². The maximum atomic E-state index is 12.9. The van der Waals surface area contributed by atoms with Crippen LogP contribution in [0.25, 0.3) is 11.1 Å². The molecule has 0 saturated carbocycles. The third-order valence-electron chi connectivity index (χ3n) is 2.53. The number of halogens is 4. The van der Waals surface area contributed by atoms with Crippen molar-refractivity contribution in [3.05, 3.63) is 53.8 Å². The van der Waals surface area contributed by atoms with Crippen molar-refractivity contribution in [1.29, 1.82) is 0 Å². The number of alkyl halides is 3. The first kappa shape index (κ1) is 12.4. The molecule has 18 heavy (non-hydrogen) atoms. The molecule has 0 atom stereocenters. The molecule has 0 unspecified atom stereocenters. The van der Waals surface area contributed by atoms with E-state index in [1.807, 2.05) is 0 Å². The van der Waals surface area contributed by atoms with Crippen molar-refractivity contribution in [3.63, 3.8) is 0 Å². The zero-order valence-electron chi connectivity index (χ0n) is 9.13. The van der Waals surface area contributed by atoms with Crippen LogP contribution in [0.1, 0.15) is 5.56 Å². The maximum Gasteiger partial charge on any atom is 0.417 e. The second-order valence-electron chi connectivity index (χ2n) is 3.77. The predicted octanol–water partition coefficient (Wildman–Crippen LogP) is 4.09. The summed E-state index contributed by atoms with van der Waals surface area (Å²) >= 11 is 0. The Morgan fingerprint density at radius 3 is 2.06 bits per heavy atom. The van der Waals surface area contributed by atoms with Crippen molar-refractivity contribution in [1.82, 2.24) is 0 Å². The third-order valence-corrected chi connectivity index (χ3v) is 2.53. The standard InChI is InChI=1S/C13H9F4N/c14-9-6-4-8(5-7-9)12-10(13(15,16)17)2-1-3-11(12)18/h1-7H,18H2. The molecule has 0 aliphatic heterocycles. The zero-order valence-corrected chi connectivity index (χ0v) is 9.13. The molecule has 0 aliphatic carbocycles. The average Bonchev–Trinajstić information content (AvgIpc) is 2.29. The van der Waals surface area contributed by atoms with Gasteiger partial charge < -0.3 is 5.73 Å². The van der Waals surface area contributed by atoms with Crippen LogP contribution in [0.3, 0.4) is 0 Å². The van der Waals surface area contributed by atoms with Gasteiger partial charge in [-0.25, -0.2) is 4.39 Å². The van der Waals surface area contributed by atoms with Crippen LogP contribution in [0.2, 0.25) is 0 Å². The predicted molar refractivity (Wildman–Crippen MR) is 61.3 cm³/mol. The zero-order chi connectivity index (χ0) is 13.3. The van der Waals surface area contributed by atoms with E-state index in [4.69, 9.17) is 5.73 Å². The van der Waals surface area contributed by atoms with Gasteiger partial charge in [0, 0.05) is 11.3 Å². The van der Waals surface area contributed by atoms with Gasteiger partial charge in [-0.05, 0) is 29.8 Å². The minimum absolute atomic E-state index is 0.0106. The first-order chi connectivity index (χ1) is 8.39. The van der Waals surface area contributed by atoms with Gasteiger partial charge in [0.25, 0.3) is 0 Å². The van der Waals surface area contributed by atoms with Crippen molar-refractivity contribution in [3.8, 4) is 11.1 Å². The Morgan fingerprint density at radius 2 is 1.50 bits per heavy atom. The lowest BCUT2D eigenvalue weighted by atomic mass is 9.97. The van der Waals surface area contributed by atoms with Crippen LogP contribution in [0, 0.1) is 5.82 Å². The fourth-order valence-corrected chi connectivity index (χ4v) is 1.75. The van der Waals surface area contributed by atoms with Gasteiger partial charge in [0.15, 0.2) is 0 Å². The van der Waals surface area contributed by atoms with Crippen molar-refractivity contribution < 1.29 is 17.6 Å². The number of anilines is 1. The lowest BCUT2D eigenvalue weighted by molar-refractivity contribution is -0.137. The van der Waals surface area contributed by atoms with Crippen LogP contribution in [-0.4, -0.2) is 0 Å². The van der Waals surface area contributed by atoms with E-state index in [-0.39, 0.29) is 16.8 Å². The Kier molecular flexibility index (Phi) is 2.98. The normalized spacial score (nSPS) is 11.6. The third kappa shape index (κ3) is 2.30. The summed E-state index contributed by atoms with van der Waals surface area (Å²) in [6, 6.07) is 8.32. The Labute approximate surface area is 101 Å². The first-order valence-electron chi connectivity index (χ1n) is 5.11. The SMILES string of the molecule is Nc1cccc(C(F)(F)F)c1-c1ccc(F)cc1. The van der Waals surface area contributed by atoms with E-state index in [0.29, 0.717) is 0 Å². The number of nitrogens with two attached hydrogens (primary N) is 1. The van der Waals surface area contributed by atoms with E-state index in [1.165, 1.54) is 24.3 Å². The van der Waals surface area contributed by atoms with Crippen molar-refractivity contribution in [2.45, 2.75) is 6.18 Å². The summed E-state index contributed by atoms with van der Waals surface area (Å²) in [4.78, 5) is 0. The smallest absolute Gasteiger partial charge is 0.398 e. The largest absolute Gasteiger partial charge is 0.417 e. The van der Waals surface area contributed by atoms with Crippen LogP contribution in [0.5, 0.6) is 0 Å². The quantitative estimate of drug-likeness (QED) is 0.602. The molecule has 0 heterocycles. The van der Waals surface area contributed by atoms with E-state index in [1.54, 1.807) is 0 Å². The number of hydrogen-bond acceptors (Lipinski definition) is 1. The molecule has 0 saturated heterocycles. The van der Waals surface area contributed by atoms with Gasteiger partial charge >= 0.3 is 6.18 Å². The van der Waals surface area contributed by atoms with E-state index in [2.05, 4.69) is 0 Å². The first-order valence-corrected chi connectivity index (χ1v) is 5.11. The second-order valence-corrected chi connectivity index (χ2v) is 3.77. The molecule has 5 heteroatoms. The molecule has 0 aromatic heterocycles. The number of rotatable bonds is 1. The van der Waals surface area contributed by atoms with Crippen LogP contribution >= 0.6 is 0 Å². The van der Waals surface area contributed by atoms with Crippen LogP contribution < -0.4 is 5.73 Å². The highest BCUT2D eigenvalue weighted by Gasteiger charge is 2.34. The van der Waals surface area contributed by atoms with Crippen LogP contribution in [-0.2, 0) is 6.18 Å². The van der Waals surface area contributed by atoms with Gasteiger partial charge in [-0.2, -0.15) is 13.2 Å². The van der Waals surface area contributed by atoms with E-state index >= 15 is 0 Å². The molecular formula is C13H9F4N. The fraction of sp³-hybridized carbons (Fsp3) is 0.0769. The molecule has 1 nitrogen and oxygen atoms in total. The summed E-state index contributed by atoms with van der Waals surface area (Å²) in [5.74, 6) is -0.512. The molecule has 2 rings (SSSR count). The minimum atomic E-state index is -4.50. The summed E-state index contributed by atoms with van der Waals surface area (Å²) in [5, 5.41) is 0. The highest BCUT2D eigenvalue weighted by molar-refractivity contribution is 5.79. The van der Waals surface area contributed by atoms with Crippen molar-refractivity contribution in [2.75, 3.05) is 5.73 Å². The minimum Gasteiger partial charge on any atom is -0.398 e. The summed E-state index contributed by atoms with van der Waals surface area (Å²) in [6.07, 6.45) is -4.50. The van der Waals surface area contributed by atoms with Gasteiger partial charge in [-0.3, -0.25) is 0 Å². The Bertz CT molecular complexity index is 558. The van der Waals surface area contributed by atoms with Gasteiger partial charge in [0.1, 0.15) is 5.82 Å². The van der Waals surface area contributed by atoms with Gasteiger partial charge in [-0.15, -0.1) is 0 Å². The highest BCUT2D eigenvalue weighted by Crippen LogP contribution is 2.39. The molecule has 0 bridgehead atoms. The Hall–Kier alpha value is -2.04. The Balaban J connectivity index is 2.66. The van der Waals surface area contributed by atoms with Crippen LogP contribution in [0.15, 0.2) is 42.5 Å². The fourth-order valence-electron chi connectivity index (χ4n) is 1.75. The van der Waals surface area contributed by atoms with E-state index < -0.39 is 17.6 Å². The monoisotopic (exact) mass is 255 g/mol. The molecule has 0 fully saturated rings. The topological polar surface area (TPSA) is 26.0 Å². The van der Waals surface area contributed by atoms with Crippen molar-refractivity contribution >= 4 is 5.69 Å². The lowest BCUT2D eigenvalue weighted by Crippen LogP contribution is -2.08. The molecule has 2 aromatic carbocycles. The maximum absolute atomic E-state index is 12.9. The Morgan fingerprint density at radius 1 is 0.889 bits per heavy atom. The van der Waals surface area contributed by atoms with E-state index in [9.17, 15) is 17.6 Å². The molecule has 94 valence electrons. The molecule has 0 spiro atoms. The average molecular weight is 255 g/mol. The number of hydrogen-bond donors (Lipinski definition) is 1. The number of nitrogen functional groups attached to an aromatic ring is 1. The molecular weight excluding hydrogens is 246 g/mol. The summed E-state index contributed by atoms with van der Waals surface area (Å²) in [6.45, 7) is 0. The summed E-state index contributed by atoms with van der Waals surface area (Å²) in [5.41, 5.74) is 4.90. The lowest BCUT2D eigenvalue weighted by Gasteiger charge is -2.15. The highest BCUT2D eigenvalue weighted by atomic mass is 19.4. The summed E-state index contributed by atoms with van der Waals surface area (Å²) < 4.78 is 51.4. The molecule has 0 amide bonds. The summed E-state index contributed by atoms with van der Waals surface area (Å²) in [7, 11) is 0. The molecule has 2 aromatic rings. The van der Waals surface area contributed by atoms with Crippen LogP contribution in [0.4, 0.5) is 23.2 Å². The second kappa shape index (κ2) is 4.33. The van der Waals surface area contributed by atoms with E-state index in [0.717, 1.165) is 18.2 Å². The van der Waals surface area contributed by atoms with Gasteiger partial charge in [0.05, 0.1) is 5.56 Å². The molecule has 2 N–H and O–H groups in total. The molecule has 0 radical (unpaired) electrons. The number of benzene rings is 2. The molecule has 0 aliphatic rings. The van der Waals surface area contributed by atoms with Gasteiger partial charge in [0.2, 0.25) is 0 Å².